The highest BCUT2D eigenvalue weighted by Gasteiger charge is 2.14. The molecule has 0 spiro atoms. The van der Waals surface area contributed by atoms with Crippen LogP contribution in [-0.4, -0.2) is 17.9 Å². The first-order chi connectivity index (χ1) is 8.20. The molecule has 3 nitrogen and oxygen atoms in total. The summed E-state index contributed by atoms with van der Waals surface area (Å²) in [5, 5.41) is 1.85. The number of hydrogen-bond donors (Lipinski definition) is 0. The number of methoxy groups -OCH3 is 1. The summed E-state index contributed by atoms with van der Waals surface area (Å²) in [6.07, 6.45) is 3.73. The molecule has 0 aliphatic carbocycles. The van der Waals surface area contributed by atoms with Crippen molar-refractivity contribution in [3.63, 3.8) is 0 Å². The van der Waals surface area contributed by atoms with Gasteiger partial charge in [0.05, 0.1) is 7.11 Å². The minimum atomic E-state index is 0.0525. The Morgan fingerprint density at radius 3 is 3.06 bits per heavy atom. The number of halogens is 1. The van der Waals surface area contributed by atoms with Gasteiger partial charge in [0.2, 0.25) is 0 Å². The van der Waals surface area contributed by atoms with Gasteiger partial charge >= 0.3 is 0 Å². The van der Waals surface area contributed by atoms with Crippen LogP contribution in [0.5, 0.6) is 5.75 Å². The highest BCUT2D eigenvalue weighted by molar-refractivity contribution is 9.10. The number of aromatic nitrogens is 1. The van der Waals surface area contributed by atoms with Crippen molar-refractivity contribution in [2.45, 2.75) is 6.42 Å². The van der Waals surface area contributed by atoms with Gasteiger partial charge in [0, 0.05) is 23.3 Å². The molecule has 0 unspecified atom stereocenters. The van der Waals surface area contributed by atoms with Crippen molar-refractivity contribution in [2.75, 3.05) is 7.11 Å². The fourth-order valence-corrected chi connectivity index (χ4v) is 2.69. The summed E-state index contributed by atoms with van der Waals surface area (Å²) in [6.45, 7) is 0. The van der Waals surface area contributed by atoms with Crippen molar-refractivity contribution in [1.82, 2.24) is 4.98 Å². The van der Waals surface area contributed by atoms with Crippen molar-refractivity contribution < 1.29 is 9.53 Å². The maximum absolute atomic E-state index is 12.1. The summed E-state index contributed by atoms with van der Waals surface area (Å²) in [5.41, 5.74) is 0.889. The van der Waals surface area contributed by atoms with Crippen LogP contribution in [-0.2, 0) is 6.42 Å². The van der Waals surface area contributed by atoms with E-state index in [2.05, 4.69) is 20.9 Å². The van der Waals surface area contributed by atoms with Crippen molar-refractivity contribution >= 4 is 33.0 Å². The number of hydrogen-bond acceptors (Lipinski definition) is 4. The van der Waals surface area contributed by atoms with E-state index in [-0.39, 0.29) is 5.78 Å². The summed E-state index contributed by atoms with van der Waals surface area (Å²) in [6, 6.07) is 3.70. The molecule has 0 fully saturated rings. The lowest BCUT2D eigenvalue weighted by molar-refractivity contribution is 0.0994. The summed E-state index contributed by atoms with van der Waals surface area (Å²) in [5.74, 6) is 0.694. The predicted octanol–water partition coefficient (Wildman–Crippen LogP) is 3.34. The molecule has 88 valence electrons. The Morgan fingerprint density at radius 1 is 1.53 bits per heavy atom. The lowest BCUT2D eigenvalue weighted by atomic mass is 10.1. The molecule has 0 aliphatic rings. The van der Waals surface area contributed by atoms with Gasteiger partial charge in [0.1, 0.15) is 10.6 Å². The number of thiophene rings is 1. The summed E-state index contributed by atoms with van der Waals surface area (Å²) < 4.78 is 6.01. The topological polar surface area (TPSA) is 39.2 Å². The Bertz CT molecular complexity index is 539. The van der Waals surface area contributed by atoms with E-state index in [1.165, 1.54) is 11.3 Å². The largest absolute Gasteiger partial charge is 0.495 e. The molecule has 2 aromatic heterocycles. The molecule has 0 aromatic carbocycles. The van der Waals surface area contributed by atoms with Crippen LogP contribution >= 0.6 is 27.3 Å². The maximum Gasteiger partial charge on any atom is 0.180 e. The number of ether oxygens (including phenoxy) is 1. The van der Waals surface area contributed by atoms with Crippen LogP contribution in [0.3, 0.4) is 0 Å². The molecule has 0 bridgehead atoms. The third kappa shape index (κ3) is 2.92. The van der Waals surface area contributed by atoms with E-state index in [1.54, 1.807) is 25.6 Å². The van der Waals surface area contributed by atoms with Gasteiger partial charge in [0.15, 0.2) is 5.78 Å². The second kappa shape index (κ2) is 5.42. The Morgan fingerprint density at radius 2 is 2.35 bits per heavy atom. The molecule has 2 aromatic rings. The molecule has 0 saturated heterocycles. The van der Waals surface area contributed by atoms with Crippen molar-refractivity contribution in [3.05, 3.63) is 44.8 Å². The first kappa shape index (κ1) is 12.3. The average molecular weight is 312 g/mol. The van der Waals surface area contributed by atoms with Crippen LogP contribution in [0.15, 0.2) is 34.4 Å². The van der Waals surface area contributed by atoms with Gasteiger partial charge in [-0.1, -0.05) is 0 Å². The van der Waals surface area contributed by atoms with Gasteiger partial charge in [0.25, 0.3) is 0 Å². The Hall–Kier alpha value is -1.20. The normalized spacial score (nSPS) is 10.2. The highest BCUT2D eigenvalue weighted by Crippen LogP contribution is 2.26. The number of carbonyl (C=O) groups is 1. The van der Waals surface area contributed by atoms with Crippen LogP contribution in [0, 0.1) is 0 Å². The number of Topliss-reactive ketones (excluding diaryl/α,β-unsaturated/α-hetero) is 1. The molecule has 0 N–H and O–H groups in total. The molecule has 2 rings (SSSR count). The van der Waals surface area contributed by atoms with Gasteiger partial charge in [-0.2, -0.15) is 0 Å². The molecule has 2 heterocycles. The first-order valence-electron chi connectivity index (χ1n) is 4.95. The van der Waals surface area contributed by atoms with E-state index in [1.807, 2.05) is 11.4 Å². The standard InChI is InChI=1S/C12H10BrNO2S/c1-16-11-2-3-17-12(11)10(15)5-8-4-9(13)7-14-6-8/h2-4,6-7H,5H2,1H3. The summed E-state index contributed by atoms with van der Waals surface area (Å²) in [7, 11) is 1.57. The number of rotatable bonds is 4. The van der Waals surface area contributed by atoms with Gasteiger partial charge in [-0.25, -0.2) is 0 Å². The number of ketones is 1. The molecule has 5 heteroatoms. The zero-order valence-electron chi connectivity index (χ0n) is 9.14. The Balaban J connectivity index is 2.17. The van der Waals surface area contributed by atoms with Crippen molar-refractivity contribution in [2.24, 2.45) is 0 Å². The molecular weight excluding hydrogens is 302 g/mol. The van der Waals surface area contributed by atoms with E-state index in [4.69, 9.17) is 4.74 Å². The van der Waals surface area contributed by atoms with Gasteiger partial charge in [-0.3, -0.25) is 9.78 Å². The quantitative estimate of drug-likeness (QED) is 0.813. The van der Waals surface area contributed by atoms with Crippen LogP contribution < -0.4 is 4.74 Å². The van der Waals surface area contributed by atoms with Crippen LogP contribution in [0.4, 0.5) is 0 Å². The first-order valence-corrected chi connectivity index (χ1v) is 6.62. The summed E-state index contributed by atoms with van der Waals surface area (Å²) >= 11 is 4.73. The molecule has 0 radical (unpaired) electrons. The van der Waals surface area contributed by atoms with Gasteiger partial charge in [-0.05, 0) is 39.0 Å². The van der Waals surface area contributed by atoms with E-state index >= 15 is 0 Å². The van der Waals surface area contributed by atoms with E-state index < -0.39 is 0 Å². The number of nitrogens with zero attached hydrogens (tertiary/aromatic N) is 1. The van der Waals surface area contributed by atoms with E-state index in [9.17, 15) is 4.79 Å². The van der Waals surface area contributed by atoms with Crippen molar-refractivity contribution in [3.8, 4) is 5.75 Å². The second-order valence-electron chi connectivity index (χ2n) is 3.43. The minimum absolute atomic E-state index is 0.0525. The fraction of sp³-hybridized carbons (Fsp3) is 0.167. The van der Waals surface area contributed by atoms with E-state index in [0.717, 1.165) is 10.0 Å². The molecule has 0 aliphatic heterocycles. The van der Waals surface area contributed by atoms with Crippen molar-refractivity contribution in [1.29, 1.82) is 0 Å². The van der Waals surface area contributed by atoms with Crippen LogP contribution in [0.1, 0.15) is 15.2 Å². The Kier molecular flexibility index (Phi) is 3.91. The molecule has 0 amide bonds. The zero-order valence-corrected chi connectivity index (χ0v) is 11.5. The van der Waals surface area contributed by atoms with Crippen LogP contribution in [0.2, 0.25) is 0 Å². The number of carbonyl (C=O) groups excluding carboxylic acids is 1. The van der Waals surface area contributed by atoms with Crippen LogP contribution in [0.25, 0.3) is 0 Å². The molecular formula is C12H10BrNO2S. The zero-order chi connectivity index (χ0) is 12.3. The SMILES string of the molecule is COc1ccsc1C(=O)Cc1cncc(Br)c1. The van der Waals surface area contributed by atoms with Gasteiger partial charge < -0.3 is 4.74 Å². The third-order valence-corrected chi connectivity index (χ3v) is 3.60. The average Bonchev–Trinajstić information content (AvgIpc) is 2.77. The predicted molar refractivity (Wildman–Crippen MR) is 70.8 cm³/mol. The third-order valence-electron chi connectivity index (χ3n) is 2.23. The molecule has 0 atom stereocenters. The lowest BCUT2D eigenvalue weighted by Crippen LogP contribution is -2.03. The van der Waals surface area contributed by atoms with E-state index in [0.29, 0.717) is 17.0 Å². The molecule has 0 saturated carbocycles. The minimum Gasteiger partial charge on any atom is -0.495 e. The number of pyridine rings is 1. The monoisotopic (exact) mass is 311 g/mol. The Labute approximate surface area is 112 Å². The highest BCUT2D eigenvalue weighted by atomic mass is 79.9. The van der Waals surface area contributed by atoms with Gasteiger partial charge in [-0.15, -0.1) is 11.3 Å². The maximum atomic E-state index is 12.1. The summed E-state index contributed by atoms with van der Waals surface area (Å²) in [4.78, 5) is 16.7. The fourth-order valence-electron chi connectivity index (χ4n) is 1.48. The molecule has 17 heavy (non-hydrogen) atoms. The lowest BCUT2D eigenvalue weighted by Gasteiger charge is -2.02. The second-order valence-corrected chi connectivity index (χ2v) is 5.26. The smallest absolute Gasteiger partial charge is 0.180 e.